The molecule has 0 aromatic heterocycles. The molecule has 4 nitrogen and oxygen atoms in total. The van der Waals surface area contributed by atoms with Crippen LogP contribution in [0.2, 0.25) is 0 Å². The van der Waals surface area contributed by atoms with Crippen molar-refractivity contribution in [2.24, 2.45) is 5.92 Å². The Balaban J connectivity index is 1.36. The van der Waals surface area contributed by atoms with E-state index in [0.717, 1.165) is 38.1 Å². The van der Waals surface area contributed by atoms with Crippen LogP contribution in [0, 0.1) is 5.92 Å². The second-order valence-electron chi connectivity index (χ2n) is 6.48. The number of rotatable bonds is 9. The molecule has 0 bridgehead atoms. The summed E-state index contributed by atoms with van der Waals surface area (Å²) in [6.45, 7) is 2.99. The van der Waals surface area contributed by atoms with E-state index in [9.17, 15) is 4.79 Å². The Morgan fingerprint density at radius 2 is 1.84 bits per heavy atom. The maximum atomic E-state index is 11.8. The lowest BCUT2D eigenvalue weighted by atomic mass is 10.0. The standard InChI is InChI=1S/C21H26N2O2/c24-21(19-15-22-16-19)23-12-11-18-8-4-10-20(14-18)25-13-5-9-17-6-2-1-3-7-17/h1-4,6-8,10,14,19,22H,5,9,11-13,15-16H2,(H,23,24). The predicted molar refractivity (Wildman–Crippen MR) is 99.8 cm³/mol. The van der Waals surface area contributed by atoms with Crippen molar-refractivity contribution in [3.8, 4) is 5.75 Å². The van der Waals surface area contributed by atoms with Crippen LogP contribution in [0.1, 0.15) is 17.5 Å². The number of amides is 1. The second-order valence-corrected chi connectivity index (χ2v) is 6.48. The summed E-state index contributed by atoms with van der Waals surface area (Å²) in [5.74, 6) is 1.21. The van der Waals surface area contributed by atoms with Gasteiger partial charge in [-0.05, 0) is 42.5 Å². The van der Waals surface area contributed by atoms with Crippen LogP contribution in [0.25, 0.3) is 0 Å². The van der Waals surface area contributed by atoms with E-state index in [4.69, 9.17) is 4.74 Å². The van der Waals surface area contributed by atoms with E-state index in [1.54, 1.807) is 0 Å². The number of nitrogens with one attached hydrogen (secondary N) is 2. The lowest BCUT2D eigenvalue weighted by molar-refractivity contribution is -0.126. The van der Waals surface area contributed by atoms with E-state index in [1.807, 2.05) is 18.2 Å². The van der Waals surface area contributed by atoms with Gasteiger partial charge in [0.1, 0.15) is 5.75 Å². The molecule has 3 rings (SSSR count). The minimum absolute atomic E-state index is 0.152. The van der Waals surface area contributed by atoms with Crippen LogP contribution in [0.3, 0.4) is 0 Å². The molecule has 1 fully saturated rings. The first-order valence-corrected chi connectivity index (χ1v) is 9.05. The van der Waals surface area contributed by atoms with Gasteiger partial charge in [0, 0.05) is 19.6 Å². The zero-order chi connectivity index (χ0) is 17.3. The highest BCUT2D eigenvalue weighted by Crippen LogP contribution is 2.14. The molecule has 1 heterocycles. The van der Waals surface area contributed by atoms with Gasteiger partial charge in [-0.1, -0.05) is 42.5 Å². The van der Waals surface area contributed by atoms with E-state index < -0.39 is 0 Å². The first kappa shape index (κ1) is 17.5. The van der Waals surface area contributed by atoms with Crippen LogP contribution in [0.5, 0.6) is 5.75 Å². The highest BCUT2D eigenvalue weighted by Gasteiger charge is 2.24. The van der Waals surface area contributed by atoms with Crippen LogP contribution >= 0.6 is 0 Å². The summed E-state index contributed by atoms with van der Waals surface area (Å²) in [5.41, 5.74) is 2.53. The Bertz CT molecular complexity index is 669. The zero-order valence-electron chi connectivity index (χ0n) is 14.5. The minimum atomic E-state index is 0.152. The van der Waals surface area contributed by atoms with E-state index in [2.05, 4.69) is 47.0 Å². The molecule has 0 radical (unpaired) electrons. The fourth-order valence-corrected chi connectivity index (χ4v) is 2.85. The molecule has 1 aliphatic rings. The molecular weight excluding hydrogens is 312 g/mol. The molecule has 1 saturated heterocycles. The third-order valence-corrected chi connectivity index (χ3v) is 4.48. The smallest absolute Gasteiger partial charge is 0.225 e. The highest BCUT2D eigenvalue weighted by atomic mass is 16.5. The lowest BCUT2D eigenvalue weighted by Gasteiger charge is -2.25. The van der Waals surface area contributed by atoms with Crippen molar-refractivity contribution < 1.29 is 9.53 Å². The quantitative estimate of drug-likeness (QED) is 0.691. The van der Waals surface area contributed by atoms with Crippen molar-refractivity contribution in [2.75, 3.05) is 26.2 Å². The molecule has 0 atom stereocenters. The van der Waals surface area contributed by atoms with Crippen LogP contribution in [-0.4, -0.2) is 32.1 Å². The van der Waals surface area contributed by atoms with Gasteiger partial charge in [0.05, 0.1) is 12.5 Å². The number of ether oxygens (including phenoxy) is 1. The number of hydrogen-bond acceptors (Lipinski definition) is 3. The largest absolute Gasteiger partial charge is 0.494 e. The first-order valence-electron chi connectivity index (χ1n) is 9.05. The normalized spacial score (nSPS) is 13.9. The number of carbonyl (C=O) groups is 1. The van der Waals surface area contributed by atoms with Crippen molar-refractivity contribution in [3.05, 3.63) is 65.7 Å². The van der Waals surface area contributed by atoms with Gasteiger partial charge >= 0.3 is 0 Å². The summed E-state index contributed by atoms with van der Waals surface area (Å²) in [4.78, 5) is 11.8. The fraction of sp³-hybridized carbons (Fsp3) is 0.381. The molecule has 1 amide bonds. The second kappa shape index (κ2) is 9.23. The lowest BCUT2D eigenvalue weighted by Crippen LogP contribution is -2.51. The summed E-state index contributed by atoms with van der Waals surface area (Å²) >= 11 is 0. The Kier molecular flexibility index (Phi) is 6.46. The molecule has 0 spiro atoms. The molecular formula is C21H26N2O2. The van der Waals surface area contributed by atoms with E-state index in [1.165, 1.54) is 11.1 Å². The fourth-order valence-electron chi connectivity index (χ4n) is 2.85. The maximum Gasteiger partial charge on any atom is 0.225 e. The Hall–Kier alpha value is -2.33. The van der Waals surface area contributed by atoms with Crippen molar-refractivity contribution >= 4 is 5.91 Å². The summed E-state index contributed by atoms with van der Waals surface area (Å²) in [7, 11) is 0. The maximum absolute atomic E-state index is 11.8. The van der Waals surface area contributed by atoms with Gasteiger partial charge < -0.3 is 15.4 Å². The van der Waals surface area contributed by atoms with Crippen LogP contribution < -0.4 is 15.4 Å². The molecule has 0 saturated carbocycles. The molecule has 2 aromatic carbocycles. The summed E-state index contributed by atoms with van der Waals surface area (Å²) < 4.78 is 5.86. The van der Waals surface area contributed by atoms with Crippen molar-refractivity contribution in [1.29, 1.82) is 0 Å². The Morgan fingerprint density at radius 1 is 1.04 bits per heavy atom. The van der Waals surface area contributed by atoms with Crippen LogP contribution in [0.15, 0.2) is 54.6 Å². The van der Waals surface area contributed by atoms with Gasteiger partial charge in [0.2, 0.25) is 5.91 Å². The topological polar surface area (TPSA) is 50.4 Å². The van der Waals surface area contributed by atoms with Gasteiger partial charge in [-0.3, -0.25) is 4.79 Å². The molecule has 1 aliphatic heterocycles. The van der Waals surface area contributed by atoms with Crippen molar-refractivity contribution in [2.45, 2.75) is 19.3 Å². The third-order valence-electron chi connectivity index (χ3n) is 4.48. The van der Waals surface area contributed by atoms with Gasteiger partial charge in [0.15, 0.2) is 0 Å². The average Bonchev–Trinajstić information content (AvgIpc) is 2.59. The third kappa shape index (κ3) is 5.61. The summed E-state index contributed by atoms with van der Waals surface area (Å²) in [6, 6.07) is 18.6. The zero-order valence-corrected chi connectivity index (χ0v) is 14.5. The molecule has 2 aromatic rings. The number of hydrogen-bond donors (Lipinski definition) is 2. The van der Waals surface area contributed by atoms with Crippen LogP contribution in [0.4, 0.5) is 0 Å². The molecule has 132 valence electrons. The monoisotopic (exact) mass is 338 g/mol. The molecule has 25 heavy (non-hydrogen) atoms. The SMILES string of the molecule is O=C(NCCc1cccc(OCCCc2ccccc2)c1)C1CNC1. The predicted octanol–water partition coefficient (Wildman–Crippen LogP) is 2.58. The van der Waals surface area contributed by atoms with Crippen molar-refractivity contribution in [1.82, 2.24) is 10.6 Å². The van der Waals surface area contributed by atoms with Crippen molar-refractivity contribution in [3.63, 3.8) is 0 Å². The molecule has 4 heteroatoms. The van der Waals surface area contributed by atoms with Gasteiger partial charge in [-0.15, -0.1) is 0 Å². The Morgan fingerprint density at radius 3 is 2.60 bits per heavy atom. The number of carbonyl (C=O) groups excluding carboxylic acids is 1. The average molecular weight is 338 g/mol. The molecule has 0 unspecified atom stereocenters. The number of benzene rings is 2. The van der Waals surface area contributed by atoms with Gasteiger partial charge in [0.25, 0.3) is 0 Å². The summed E-state index contributed by atoms with van der Waals surface area (Å²) in [5, 5.41) is 6.12. The highest BCUT2D eigenvalue weighted by molar-refractivity contribution is 5.79. The first-order chi connectivity index (χ1) is 12.3. The molecule has 0 aliphatic carbocycles. The van der Waals surface area contributed by atoms with Gasteiger partial charge in [-0.25, -0.2) is 0 Å². The van der Waals surface area contributed by atoms with Crippen LogP contribution in [-0.2, 0) is 17.6 Å². The summed E-state index contributed by atoms with van der Waals surface area (Å²) in [6.07, 6.45) is 2.86. The number of aryl methyl sites for hydroxylation is 1. The van der Waals surface area contributed by atoms with Gasteiger partial charge in [-0.2, -0.15) is 0 Å². The Labute approximate surface area is 149 Å². The molecule has 2 N–H and O–H groups in total. The van der Waals surface area contributed by atoms with E-state index in [0.29, 0.717) is 13.2 Å². The van der Waals surface area contributed by atoms with E-state index in [-0.39, 0.29) is 11.8 Å². The van der Waals surface area contributed by atoms with E-state index >= 15 is 0 Å². The minimum Gasteiger partial charge on any atom is -0.494 e.